The molecule has 1 aromatic rings. The minimum atomic E-state index is -0.133. The molecule has 1 unspecified atom stereocenters. The molecule has 0 spiro atoms. The van der Waals surface area contributed by atoms with Gasteiger partial charge in [-0.25, -0.2) is 0 Å². The van der Waals surface area contributed by atoms with Crippen LogP contribution in [0.1, 0.15) is 44.2 Å². The maximum absolute atomic E-state index is 9.72. The number of rotatable bonds is 6. The van der Waals surface area contributed by atoms with E-state index in [0.717, 1.165) is 64.5 Å². The molecule has 158 valence electrons. The Hall–Kier alpha value is -0.900. The van der Waals surface area contributed by atoms with Gasteiger partial charge in [-0.3, -0.25) is 9.89 Å². The van der Waals surface area contributed by atoms with Crippen LogP contribution in [0.25, 0.3) is 0 Å². The number of nitrogens with one attached hydrogen (secondary N) is 2. The van der Waals surface area contributed by atoms with Crippen molar-refractivity contribution in [3.8, 4) is 0 Å². The van der Waals surface area contributed by atoms with Crippen LogP contribution in [-0.4, -0.2) is 67.5 Å². The Morgan fingerprint density at radius 2 is 1.86 bits per heavy atom. The molecule has 1 heterocycles. The van der Waals surface area contributed by atoms with Crippen LogP contribution in [0.2, 0.25) is 0 Å². The molecule has 28 heavy (non-hydrogen) atoms. The zero-order valence-electron chi connectivity index (χ0n) is 16.8. The first kappa shape index (κ1) is 23.4. The second-order valence-electron chi connectivity index (χ2n) is 7.44. The first-order valence-electron chi connectivity index (χ1n) is 10.4. The van der Waals surface area contributed by atoms with Crippen LogP contribution in [0.15, 0.2) is 35.3 Å². The Morgan fingerprint density at radius 3 is 2.50 bits per heavy atom. The van der Waals surface area contributed by atoms with E-state index in [4.69, 9.17) is 9.73 Å². The third kappa shape index (κ3) is 7.17. The van der Waals surface area contributed by atoms with Gasteiger partial charge in [0, 0.05) is 25.7 Å². The van der Waals surface area contributed by atoms with Crippen LogP contribution >= 0.6 is 24.0 Å². The smallest absolute Gasteiger partial charge is 0.191 e. The summed E-state index contributed by atoms with van der Waals surface area (Å²) in [6, 6.07) is 11.3. The summed E-state index contributed by atoms with van der Waals surface area (Å²) in [5, 5.41) is 16.7. The molecule has 1 saturated carbocycles. The van der Waals surface area contributed by atoms with Gasteiger partial charge in [0.1, 0.15) is 0 Å². The minimum absolute atomic E-state index is 0. The lowest BCUT2D eigenvalue weighted by Crippen LogP contribution is -2.46. The Labute approximate surface area is 186 Å². The first-order valence-corrected chi connectivity index (χ1v) is 10.4. The molecule has 2 fully saturated rings. The second-order valence-corrected chi connectivity index (χ2v) is 7.44. The number of benzene rings is 1. The van der Waals surface area contributed by atoms with Crippen molar-refractivity contribution in [3.63, 3.8) is 0 Å². The number of ether oxygens (including phenoxy) is 1. The molecule has 0 bridgehead atoms. The first-order chi connectivity index (χ1) is 13.3. The average molecular weight is 502 g/mol. The summed E-state index contributed by atoms with van der Waals surface area (Å²) in [5.41, 5.74) is 1.31. The molecule has 0 radical (unpaired) electrons. The van der Waals surface area contributed by atoms with Crippen molar-refractivity contribution < 1.29 is 9.84 Å². The quantitative estimate of drug-likeness (QED) is 0.317. The van der Waals surface area contributed by atoms with E-state index in [1.807, 2.05) is 0 Å². The van der Waals surface area contributed by atoms with Crippen molar-refractivity contribution in [2.24, 2.45) is 4.99 Å². The highest BCUT2D eigenvalue weighted by Gasteiger charge is 2.23. The maximum atomic E-state index is 9.72. The molecule has 1 aliphatic carbocycles. The summed E-state index contributed by atoms with van der Waals surface area (Å²) in [4.78, 5) is 7.40. The molecule has 2 aliphatic rings. The summed E-state index contributed by atoms with van der Waals surface area (Å²) < 4.78 is 5.54. The van der Waals surface area contributed by atoms with E-state index in [1.165, 1.54) is 5.56 Å². The number of nitrogens with zero attached hydrogens (tertiary/aromatic N) is 2. The molecule has 1 atom stereocenters. The molecule has 6 nitrogen and oxygen atoms in total. The van der Waals surface area contributed by atoms with Crippen LogP contribution < -0.4 is 10.6 Å². The number of aliphatic hydroxyl groups is 1. The molecule has 0 aromatic heterocycles. The third-order valence-corrected chi connectivity index (χ3v) is 5.47. The zero-order chi connectivity index (χ0) is 18.9. The highest BCUT2D eigenvalue weighted by molar-refractivity contribution is 14.0. The van der Waals surface area contributed by atoms with Gasteiger partial charge in [0.25, 0.3) is 0 Å². The lowest BCUT2D eigenvalue weighted by molar-refractivity contribution is 0.0179. The number of hydrogen-bond acceptors (Lipinski definition) is 4. The van der Waals surface area contributed by atoms with Gasteiger partial charge in [-0.2, -0.15) is 0 Å². The molecule has 3 N–H and O–H groups in total. The Bertz CT molecular complexity index is 573. The van der Waals surface area contributed by atoms with Crippen LogP contribution in [0.3, 0.4) is 0 Å². The summed E-state index contributed by atoms with van der Waals surface area (Å²) in [5.74, 6) is 0.882. The van der Waals surface area contributed by atoms with Crippen LogP contribution in [0.4, 0.5) is 0 Å². The van der Waals surface area contributed by atoms with Gasteiger partial charge < -0.3 is 20.5 Å². The van der Waals surface area contributed by atoms with Crippen molar-refractivity contribution in [2.45, 2.75) is 50.8 Å². The Balaban J connectivity index is 0.00000280. The highest BCUT2D eigenvalue weighted by Crippen LogP contribution is 2.22. The number of aliphatic hydroxyl groups excluding tert-OH is 1. The number of morpholine rings is 1. The van der Waals surface area contributed by atoms with Crippen LogP contribution in [0, 0.1) is 0 Å². The molecule has 1 aromatic carbocycles. The fourth-order valence-corrected chi connectivity index (χ4v) is 3.91. The minimum Gasteiger partial charge on any atom is -0.393 e. The molecular formula is C21H35IN4O2. The van der Waals surface area contributed by atoms with Crippen molar-refractivity contribution in [3.05, 3.63) is 35.9 Å². The van der Waals surface area contributed by atoms with E-state index in [-0.39, 0.29) is 36.1 Å². The van der Waals surface area contributed by atoms with Crippen molar-refractivity contribution in [1.29, 1.82) is 0 Å². The molecule has 3 rings (SSSR count). The van der Waals surface area contributed by atoms with Crippen molar-refractivity contribution >= 4 is 29.9 Å². The Morgan fingerprint density at radius 1 is 1.18 bits per heavy atom. The monoisotopic (exact) mass is 502 g/mol. The largest absolute Gasteiger partial charge is 0.393 e. The van der Waals surface area contributed by atoms with Gasteiger partial charge in [0.05, 0.1) is 31.9 Å². The topological polar surface area (TPSA) is 69.1 Å². The number of halogens is 1. The van der Waals surface area contributed by atoms with Crippen molar-refractivity contribution in [2.75, 3.05) is 39.4 Å². The fraction of sp³-hybridized carbons (Fsp3) is 0.667. The van der Waals surface area contributed by atoms with E-state index >= 15 is 0 Å². The van der Waals surface area contributed by atoms with E-state index in [9.17, 15) is 5.11 Å². The SMILES string of the molecule is CCNC(=NCC(c1ccccc1)N1CCOCC1)NC1CCC(O)CC1.I. The van der Waals surface area contributed by atoms with E-state index in [1.54, 1.807) is 0 Å². The van der Waals surface area contributed by atoms with Gasteiger partial charge >= 0.3 is 0 Å². The molecule has 7 heteroatoms. The van der Waals surface area contributed by atoms with E-state index < -0.39 is 0 Å². The highest BCUT2D eigenvalue weighted by atomic mass is 127. The molecular weight excluding hydrogens is 467 g/mol. The van der Waals surface area contributed by atoms with Gasteiger partial charge in [-0.1, -0.05) is 30.3 Å². The number of aliphatic imine (C=N–C) groups is 1. The van der Waals surface area contributed by atoms with E-state index in [0.29, 0.717) is 12.6 Å². The number of guanidine groups is 1. The summed E-state index contributed by atoms with van der Waals surface area (Å²) in [7, 11) is 0. The second kappa shape index (κ2) is 12.6. The predicted octanol–water partition coefficient (Wildman–Crippen LogP) is 2.54. The van der Waals surface area contributed by atoms with E-state index in [2.05, 4.69) is 52.8 Å². The summed E-state index contributed by atoms with van der Waals surface area (Å²) in [6.07, 6.45) is 3.61. The lowest BCUT2D eigenvalue weighted by atomic mass is 9.93. The maximum Gasteiger partial charge on any atom is 0.191 e. The van der Waals surface area contributed by atoms with Gasteiger partial charge in [-0.15, -0.1) is 24.0 Å². The standard InChI is InChI=1S/C21H34N4O2.HI/c1-2-22-21(24-18-8-10-19(26)11-9-18)23-16-20(17-6-4-3-5-7-17)25-12-14-27-15-13-25;/h3-7,18-20,26H,2,8-16H2,1H3,(H2,22,23,24);1H. The molecule has 0 amide bonds. The third-order valence-electron chi connectivity index (χ3n) is 5.47. The van der Waals surface area contributed by atoms with Crippen LogP contribution in [0.5, 0.6) is 0 Å². The zero-order valence-corrected chi connectivity index (χ0v) is 19.2. The number of hydrogen-bond donors (Lipinski definition) is 3. The van der Waals surface area contributed by atoms with Gasteiger partial charge in [0.2, 0.25) is 0 Å². The van der Waals surface area contributed by atoms with Crippen LogP contribution in [-0.2, 0) is 4.74 Å². The Kier molecular flexibility index (Phi) is 10.5. The molecule has 1 saturated heterocycles. The average Bonchev–Trinajstić information content (AvgIpc) is 2.71. The predicted molar refractivity (Wildman–Crippen MR) is 124 cm³/mol. The normalized spacial score (nSPS) is 24.9. The summed E-state index contributed by atoms with van der Waals surface area (Å²) >= 11 is 0. The van der Waals surface area contributed by atoms with Gasteiger partial charge in [0.15, 0.2) is 5.96 Å². The fourth-order valence-electron chi connectivity index (χ4n) is 3.91. The lowest BCUT2D eigenvalue weighted by Gasteiger charge is -2.34. The van der Waals surface area contributed by atoms with Gasteiger partial charge in [-0.05, 0) is 38.2 Å². The summed E-state index contributed by atoms with van der Waals surface area (Å²) in [6.45, 7) is 7.12. The molecule has 1 aliphatic heterocycles. The van der Waals surface area contributed by atoms with Crippen molar-refractivity contribution in [1.82, 2.24) is 15.5 Å².